The number of nitrogens with one attached hydrogen (secondary N) is 2. The second-order valence-electron chi connectivity index (χ2n) is 6.82. The van der Waals surface area contributed by atoms with Crippen LogP contribution in [0.5, 0.6) is 0 Å². The molecule has 1 aliphatic carbocycles. The number of nitrogens with zero attached hydrogens (tertiary/aromatic N) is 2. The topological polar surface area (TPSA) is 123 Å². The van der Waals surface area contributed by atoms with Crippen LogP contribution in [0.1, 0.15) is 57.7 Å². The number of amides is 2. The molecule has 0 aliphatic heterocycles. The molecule has 1 aromatic heterocycles. The van der Waals surface area contributed by atoms with Crippen LogP contribution >= 0.6 is 12.4 Å². The van der Waals surface area contributed by atoms with E-state index in [0.29, 0.717) is 11.7 Å². The predicted octanol–water partition coefficient (Wildman–Crippen LogP) is 1.17. The zero-order valence-electron chi connectivity index (χ0n) is 15.0. The van der Waals surface area contributed by atoms with Crippen LogP contribution in [0.15, 0.2) is 4.52 Å². The highest BCUT2D eigenvalue weighted by Crippen LogP contribution is 2.35. The van der Waals surface area contributed by atoms with Crippen molar-refractivity contribution in [3.63, 3.8) is 0 Å². The van der Waals surface area contributed by atoms with Gasteiger partial charge < -0.3 is 20.9 Å². The Morgan fingerprint density at radius 2 is 1.92 bits per heavy atom. The summed E-state index contributed by atoms with van der Waals surface area (Å²) in [5, 5.41) is 9.60. The Morgan fingerprint density at radius 3 is 2.44 bits per heavy atom. The van der Waals surface area contributed by atoms with Gasteiger partial charge in [-0.25, -0.2) is 0 Å². The standard InChI is InChI=1S/C16H27N5O3.ClH/c1-10(2)13(17)14(23)18-9-12(22)20-16(7-5-4-6-8-16)15-19-11(3)24-21-15;/h10,13H,4-9,17H2,1-3H3,(H,18,23)(H,20,22);1H/t13-;/m0./s1. The van der Waals surface area contributed by atoms with Gasteiger partial charge in [0.05, 0.1) is 12.6 Å². The monoisotopic (exact) mass is 373 g/mol. The Hall–Kier alpha value is -1.67. The van der Waals surface area contributed by atoms with E-state index in [9.17, 15) is 9.59 Å². The number of carbonyl (C=O) groups excluding carboxylic acids is 2. The Morgan fingerprint density at radius 1 is 1.28 bits per heavy atom. The largest absolute Gasteiger partial charge is 0.346 e. The van der Waals surface area contributed by atoms with Gasteiger partial charge in [0.2, 0.25) is 17.7 Å². The molecular formula is C16H28ClN5O3. The fourth-order valence-electron chi connectivity index (χ4n) is 2.95. The number of nitrogens with two attached hydrogens (primary N) is 1. The van der Waals surface area contributed by atoms with Crippen molar-refractivity contribution in [2.75, 3.05) is 6.54 Å². The van der Waals surface area contributed by atoms with Crippen LogP contribution in [-0.4, -0.2) is 34.5 Å². The summed E-state index contributed by atoms with van der Waals surface area (Å²) in [5.41, 5.74) is 5.16. The first kappa shape index (κ1) is 21.4. The van der Waals surface area contributed by atoms with Crippen molar-refractivity contribution in [2.45, 2.75) is 64.5 Å². The maximum absolute atomic E-state index is 12.3. The third-order valence-corrected chi connectivity index (χ3v) is 4.49. The average molecular weight is 374 g/mol. The third kappa shape index (κ3) is 5.40. The summed E-state index contributed by atoms with van der Waals surface area (Å²) in [5.74, 6) is 0.399. The number of halogens is 1. The molecule has 0 saturated heterocycles. The summed E-state index contributed by atoms with van der Waals surface area (Å²) in [4.78, 5) is 28.5. The molecule has 8 nitrogen and oxygen atoms in total. The van der Waals surface area contributed by atoms with Crippen molar-refractivity contribution in [1.29, 1.82) is 0 Å². The smallest absolute Gasteiger partial charge is 0.240 e. The Bertz CT molecular complexity index is 584. The lowest BCUT2D eigenvalue weighted by Crippen LogP contribution is -2.52. The maximum Gasteiger partial charge on any atom is 0.240 e. The van der Waals surface area contributed by atoms with E-state index in [-0.39, 0.29) is 36.7 Å². The first-order valence-electron chi connectivity index (χ1n) is 8.49. The summed E-state index contributed by atoms with van der Waals surface area (Å²) >= 11 is 0. The number of aryl methyl sites for hydroxylation is 1. The molecule has 142 valence electrons. The molecule has 2 rings (SSSR count). The molecule has 9 heteroatoms. The summed E-state index contributed by atoms with van der Waals surface area (Å²) in [6.07, 6.45) is 4.61. The lowest BCUT2D eigenvalue weighted by Gasteiger charge is -2.35. The van der Waals surface area contributed by atoms with Crippen molar-refractivity contribution in [2.24, 2.45) is 11.7 Å². The van der Waals surface area contributed by atoms with E-state index in [0.717, 1.165) is 32.1 Å². The second-order valence-corrected chi connectivity index (χ2v) is 6.82. The number of aromatic nitrogens is 2. The highest BCUT2D eigenvalue weighted by Gasteiger charge is 2.39. The lowest BCUT2D eigenvalue weighted by atomic mass is 9.81. The van der Waals surface area contributed by atoms with Crippen LogP contribution in [0.25, 0.3) is 0 Å². The predicted molar refractivity (Wildman–Crippen MR) is 95.0 cm³/mol. The van der Waals surface area contributed by atoms with E-state index in [2.05, 4.69) is 20.8 Å². The van der Waals surface area contributed by atoms with E-state index in [4.69, 9.17) is 10.3 Å². The van der Waals surface area contributed by atoms with E-state index in [1.807, 2.05) is 13.8 Å². The Balaban J connectivity index is 0.00000312. The molecule has 1 fully saturated rings. The summed E-state index contributed by atoms with van der Waals surface area (Å²) in [6, 6.07) is -0.624. The molecule has 1 saturated carbocycles. The van der Waals surface area contributed by atoms with Gasteiger partial charge in [0.25, 0.3) is 0 Å². The van der Waals surface area contributed by atoms with Crippen molar-refractivity contribution in [3.05, 3.63) is 11.7 Å². The SMILES string of the molecule is Cc1nc(C2(NC(=O)CNC(=O)[C@@H](N)C(C)C)CCCCC2)no1.Cl. The Kier molecular flexibility index (Phi) is 7.82. The molecule has 0 bridgehead atoms. The molecule has 0 unspecified atom stereocenters. The van der Waals surface area contributed by atoms with Gasteiger partial charge in [0.1, 0.15) is 5.54 Å². The summed E-state index contributed by atoms with van der Waals surface area (Å²) in [6.45, 7) is 5.33. The fraction of sp³-hybridized carbons (Fsp3) is 0.750. The molecule has 1 aliphatic rings. The minimum Gasteiger partial charge on any atom is -0.346 e. The van der Waals surface area contributed by atoms with Crippen LogP contribution in [0.3, 0.4) is 0 Å². The number of hydrogen-bond donors (Lipinski definition) is 3. The summed E-state index contributed by atoms with van der Waals surface area (Å²) in [7, 11) is 0. The molecule has 0 radical (unpaired) electrons. The van der Waals surface area contributed by atoms with Gasteiger partial charge in [-0.2, -0.15) is 4.98 Å². The fourth-order valence-corrected chi connectivity index (χ4v) is 2.95. The van der Waals surface area contributed by atoms with Gasteiger partial charge in [0, 0.05) is 6.92 Å². The zero-order valence-corrected chi connectivity index (χ0v) is 15.8. The van der Waals surface area contributed by atoms with Gasteiger partial charge in [-0.05, 0) is 18.8 Å². The van der Waals surface area contributed by atoms with Crippen LogP contribution in [0.4, 0.5) is 0 Å². The molecule has 0 spiro atoms. The number of carbonyl (C=O) groups is 2. The number of hydrogen-bond acceptors (Lipinski definition) is 6. The molecular weight excluding hydrogens is 346 g/mol. The molecule has 1 heterocycles. The van der Waals surface area contributed by atoms with Crippen LogP contribution in [-0.2, 0) is 15.1 Å². The van der Waals surface area contributed by atoms with Crippen molar-refractivity contribution in [1.82, 2.24) is 20.8 Å². The molecule has 0 aromatic carbocycles. The van der Waals surface area contributed by atoms with Gasteiger partial charge >= 0.3 is 0 Å². The van der Waals surface area contributed by atoms with Crippen LogP contribution < -0.4 is 16.4 Å². The summed E-state index contributed by atoms with van der Waals surface area (Å²) < 4.78 is 5.08. The van der Waals surface area contributed by atoms with Crippen LogP contribution in [0, 0.1) is 12.8 Å². The molecule has 1 atom stereocenters. The minimum atomic E-state index is -0.624. The molecule has 25 heavy (non-hydrogen) atoms. The Labute approximate surface area is 154 Å². The van der Waals surface area contributed by atoms with Crippen molar-refractivity contribution in [3.8, 4) is 0 Å². The van der Waals surface area contributed by atoms with E-state index < -0.39 is 11.6 Å². The first-order chi connectivity index (χ1) is 11.3. The second kappa shape index (κ2) is 9.15. The quantitative estimate of drug-likeness (QED) is 0.687. The van der Waals surface area contributed by atoms with Crippen molar-refractivity contribution < 1.29 is 14.1 Å². The van der Waals surface area contributed by atoms with Crippen molar-refractivity contribution >= 4 is 24.2 Å². The minimum absolute atomic E-state index is 0. The highest BCUT2D eigenvalue weighted by molar-refractivity contribution is 5.87. The molecule has 2 amide bonds. The van der Waals surface area contributed by atoms with E-state index in [1.165, 1.54) is 0 Å². The molecule has 1 aromatic rings. The number of rotatable bonds is 6. The van der Waals surface area contributed by atoms with Crippen LogP contribution in [0.2, 0.25) is 0 Å². The molecule has 4 N–H and O–H groups in total. The van der Waals surface area contributed by atoms with E-state index in [1.54, 1.807) is 6.92 Å². The third-order valence-electron chi connectivity index (χ3n) is 4.49. The van der Waals surface area contributed by atoms with Gasteiger partial charge in [-0.15, -0.1) is 12.4 Å². The highest BCUT2D eigenvalue weighted by atomic mass is 35.5. The lowest BCUT2D eigenvalue weighted by molar-refractivity contribution is -0.128. The average Bonchev–Trinajstić information content (AvgIpc) is 3.00. The van der Waals surface area contributed by atoms with Gasteiger partial charge in [-0.3, -0.25) is 9.59 Å². The first-order valence-corrected chi connectivity index (χ1v) is 8.49. The van der Waals surface area contributed by atoms with Gasteiger partial charge in [0.15, 0.2) is 5.82 Å². The van der Waals surface area contributed by atoms with Gasteiger partial charge in [-0.1, -0.05) is 38.3 Å². The normalized spacial score (nSPS) is 17.5. The zero-order chi connectivity index (χ0) is 17.7. The van der Waals surface area contributed by atoms with E-state index >= 15 is 0 Å². The maximum atomic E-state index is 12.3.